The van der Waals surface area contributed by atoms with Crippen LogP contribution in [0, 0.1) is 6.92 Å². The Morgan fingerprint density at radius 2 is 1.74 bits per heavy atom. The minimum Gasteiger partial charge on any atom is -0.490 e. The smallest absolute Gasteiger partial charge is 0.326 e. The number of hydrogen-bond donors (Lipinski definition) is 0. The molecular formula is C23H23NO6S. The molecular weight excluding hydrogens is 418 g/mol. The van der Waals surface area contributed by atoms with E-state index in [-0.39, 0.29) is 18.1 Å². The van der Waals surface area contributed by atoms with E-state index in [9.17, 15) is 14.4 Å². The van der Waals surface area contributed by atoms with Crippen molar-refractivity contribution in [1.29, 1.82) is 0 Å². The van der Waals surface area contributed by atoms with Crippen molar-refractivity contribution in [3.63, 3.8) is 0 Å². The predicted molar refractivity (Wildman–Crippen MR) is 118 cm³/mol. The molecule has 0 N–H and O–H groups in total. The second kappa shape index (κ2) is 10.7. The standard InChI is InChI=1S/C23H23NO6S/c1-3-28-21(25)15-24-22(26)20(31-23(24)27)14-17-5-4-6-19(13-17)30-12-11-29-18-9-7-16(2)8-10-18/h4-10,13-14H,3,11-12,15H2,1-2H3/b20-14-. The Morgan fingerprint density at radius 1 is 1.03 bits per heavy atom. The average molecular weight is 442 g/mol. The van der Waals surface area contributed by atoms with Gasteiger partial charge in [0.15, 0.2) is 0 Å². The van der Waals surface area contributed by atoms with Gasteiger partial charge in [0.25, 0.3) is 11.1 Å². The van der Waals surface area contributed by atoms with Gasteiger partial charge in [-0.2, -0.15) is 0 Å². The van der Waals surface area contributed by atoms with E-state index in [0.717, 1.165) is 22.4 Å². The molecule has 1 heterocycles. The van der Waals surface area contributed by atoms with E-state index >= 15 is 0 Å². The third kappa shape index (κ3) is 6.36. The first-order valence-corrected chi connectivity index (χ1v) is 10.6. The van der Waals surface area contributed by atoms with Gasteiger partial charge in [0.1, 0.15) is 31.3 Å². The minimum absolute atomic E-state index is 0.188. The molecule has 2 aromatic rings. The lowest BCUT2D eigenvalue weighted by atomic mass is 10.2. The maximum Gasteiger partial charge on any atom is 0.326 e. The molecule has 162 valence electrons. The number of nitrogens with zero attached hydrogens (tertiary/aromatic N) is 1. The van der Waals surface area contributed by atoms with Crippen LogP contribution in [0.4, 0.5) is 4.79 Å². The van der Waals surface area contributed by atoms with Crippen molar-refractivity contribution in [3.05, 3.63) is 64.6 Å². The molecule has 0 radical (unpaired) electrons. The number of ether oxygens (including phenoxy) is 3. The van der Waals surface area contributed by atoms with Gasteiger partial charge in [-0.25, -0.2) is 0 Å². The van der Waals surface area contributed by atoms with Gasteiger partial charge >= 0.3 is 5.97 Å². The quantitative estimate of drug-likeness (QED) is 0.330. The fourth-order valence-electron chi connectivity index (χ4n) is 2.77. The van der Waals surface area contributed by atoms with Gasteiger partial charge in [0.05, 0.1) is 11.5 Å². The highest BCUT2D eigenvalue weighted by atomic mass is 32.2. The Bertz CT molecular complexity index is 986. The summed E-state index contributed by atoms with van der Waals surface area (Å²) in [6.45, 7) is 4.22. The van der Waals surface area contributed by atoms with Crippen LogP contribution < -0.4 is 9.47 Å². The molecule has 7 nitrogen and oxygen atoms in total. The lowest BCUT2D eigenvalue weighted by molar-refractivity contribution is -0.145. The normalized spacial score (nSPS) is 14.8. The molecule has 1 aliphatic rings. The Kier molecular flexibility index (Phi) is 7.72. The Labute approximate surface area is 185 Å². The predicted octanol–water partition coefficient (Wildman–Crippen LogP) is 4.05. The van der Waals surface area contributed by atoms with Crippen LogP contribution >= 0.6 is 11.8 Å². The third-order valence-corrected chi connectivity index (χ3v) is 5.17. The highest BCUT2D eigenvalue weighted by Crippen LogP contribution is 2.32. The maximum absolute atomic E-state index is 12.5. The molecule has 0 atom stereocenters. The average Bonchev–Trinajstić information content (AvgIpc) is 3.00. The van der Waals surface area contributed by atoms with E-state index in [1.54, 1.807) is 37.3 Å². The van der Waals surface area contributed by atoms with Crippen molar-refractivity contribution in [2.24, 2.45) is 0 Å². The number of thioether (sulfide) groups is 1. The van der Waals surface area contributed by atoms with Crippen LogP contribution in [0.15, 0.2) is 53.4 Å². The molecule has 1 fully saturated rings. The second-order valence-electron chi connectivity index (χ2n) is 6.66. The van der Waals surface area contributed by atoms with E-state index in [1.165, 1.54) is 5.56 Å². The van der Waals surface area contributed by atoms with Gasteiger partial charge in [0.2, 0.25) is 0 Å². The number of carbonyl (C=O) groups excluding carboxylic acids is 3. The van der Waals surface area contributed by atoms with Gasteiger partial charge in [0, 0.05) is 0 Å². The summed E-state index contributed by atoms with van der Waals surface area (Å²) in [6, 6.07) is 14.9. The number of aryl methyl sites for hydroxylation is 1. The first-order chi connectivity index (χ1) is 15.0. The van der Waals surface area contributed by atoms with Gasteiger partial charge < -0.3 is 14.2 Å². The molecule has 31 heavy (non-hydrogen) atoms. The number of hydrogen-bond acceptors (Lipinski definition) is 7. The molecule has 0 aromatic heterocycles. The molecule has 1 aliphatic heterocycles. The van der Waals surface area contributed by atoms with Gasteiger partial charge in [-0.15, -0.1) is 0 Å². The summed E-state index contributed by atoms with van der Waals surface area (Å²) >= 11 is 0.793. The zero-order valence-electron chi connectivity index (χ0n) is 17.3. The summed E-state index contributed by atoms with van der Waals surface area (Å²) in [5.74, 6) is 0.267. The number of amides is 2. The van der Waals surface area contributed by atoms with E-state index < -0.39 is 17.1 Å². The topological polar surface area (TPSA) is 82.1 Å². The molecule has 3 rings (SSSR count). The molecule has 0 spiro atoms. The Morgan fingerprint density at radius 3 is 2.45 bits per heavy atom. The van der Waals surface area contributed by atoms with Crippen LogP contribution in [-0.4, -0.2) is 48.4 Å². The summed E-state index contributed by atoms with van der Waals surface area (Å²) in [4.78, 5) is 37.3. The van der Waals surface area contributed by atoms with Crippen molar-refractivity contribution in [1.82, 2.24) is 4.90 Å². The SMILES string of the molecule is CCOC(=O)CN1C(=O)S/C(=C\c2cccc(OCCOc3ccc(C)cc3)c2)C1=O. The number of carbonyl (C=O) groups is 3. The summed E-state index contributed by atoms with van der Waals surface area (Å²) in [5.41, 5.74) is 1.87. The summed E-state index contributed by atoms with van der Waals surface area (Å²) in [7, 11) is 0. The van der Waals surface area contributed by atoms with Gasteiger partial charge in [-0.1, -0.05) is 29.8 Å². The van der Waals surface area contributed by atoms with E-state index in [2.05, 4.69) is 0 Å². The van der Waals surface area contributed by atoms with Gasteiger partial charge in [-0.05, 0) is 61.5 Å². The largest absolute Gasteiger partial charge is 0.490 e. The first-order valence-electron chi connectivity index (χ1n) is 9.79. The van der Waals surface area contributed by atoms with E-state index in [4.69, 9.17) is 14.2 Å². The van der Waals surface area contributed by atoms with Crippen LogP contribution in [0.2, 0.25) is 0 Å². The molecule has 1 saturated heterocycles. The molecule has 0 bridgehead atoms. The molecule has 0 aliphatic carbocycles. The van der Waals surface area contributed by atoms with E-state index in [1.807, 2.05) is 31.2 Å². The van der Waals surface area contributed by atoms with E-state index in [0.29, 0.717) is 24.5 Å². The molecule has 8 heteroatoms. The van der Waals surface area contributed by atoms with Crippen molar-refractivity contribution in [2.75, 3.05) is 26.4 Å². The monoisotopic (exact) mass is 441 g/mol. The summed E-state index contributed by atoms with van der Waals surface area (Å²) in [6.07, 6.45) is 1.60. The number of imide groups is 1. The fourth-order valence-corrected chi connectivity index (χ4v) is 3.61. The third-order valence-electron chi connectivity index (χ3n) is 4.26. The number of benzene rings is 2. The fraction of sp³-hybridized carbons (Fsp3) is 0.261. The second-order valence-corrected chi connectivity index (χ2v) is 7.65. The maximum atomic E-state index is 12.5. The van der Waals surface area contributed by atoms with Crippen LogP contribution in [0.1, 0.15) is 18.1 Å². The van der Waals surface area contributed by atoms with Crippen LogP contribution in [0.3, 0.4) is 0 Å². The van der Waals surface area contributed by atoms with Crippen molar-refractivity contribution in [2.45, 2.75) is 13.8 Å². The first kappa shape index (κ1) is 22.4. The van der Waals surface area contributed by atoms with Crippen molar-refractivity contribution >= 4 is 35.0 Å². The zero-order chi connectivity index (χ0) is 22.2. The highest BCUT2D eigenvalue weighted by molar-refractivity contribution is 8.18. The Balaban J connectivity index is 1.56. The molecule has 2 amide bonds. The lowest BCUT2D eigenvalue weighted by Gasteiger charge is -2.10. The van der Waals surface area contributed by atoms with Crippen LogP contribution in [-0.2, 0) is 14.3 Å². The highest BCUT2D eigenvalue weighted by Gasteiger charge is 2.36. The van der Waals surface area contributed by atoms with Crippen molar-refractivity contribution in [3.8, 4) is 11.5 Å². The van der Waals surface area contributed by atoms with Crippen LogP contribution in [0.25, 0.3) is 6.08 Å². The summed E-state index contributed by atoms with van der Waals surface area (Å²) in [5, 5.41) is -0.495. The lowest BCUT2D eigenvalue weighted by Crippen LogP contribution is -2.34. The Hall–Kier alpha value is -3.26. The van der Waals surface area contributed by atoms with Crippen molar-refractivity contribution < 1.29 is 28.6 Å². The minimum atomic E-state index is -0.616. The number of esters is 1. The molecule has 2 aromatic carbocycles. The summed E-state index contributed by atoms with van der Waals surface area (Å²) < 4.78 is 16.2. The zero-order valence-corrected chi connectivity index (χ0v) is 18.1. The number of rotatable bonds is 9. The molecule has 0 unspecified atom stereocenters. The molecule has 0 saturated carbocycles. The van der Waals surface area contributed by atoms with Crippen LogP contribution in [0.5, 0.6) is 11.5 Å². The van der Waals surface area contributed by atoms with Gasteiger partial charge in [-0.3, -0.25) is 19.3 Å².